The Labute approximate surface area is 100 Å². The Morgan fingerprint density at radius 3 is 2.56 bits per heavy atom. The standard InChI is InChI=1S/C15H26O/c1-4-15(9-6-5-7-11-16)10-8-13(2)14(3)12-15/h11H,4-10,12H2,1-3H3/t15-/m1/s1. The van der Waals surface area contributed by atoms with Crippen LogP contribution in [-0.2, 0) is 4.79 Å². The van der Waals surface area contributed by atoms with Gasteiger partial charge in [-0.25, -0.2) is 0 Å². The van der Waals surface area contributed by atoms with Crippen molar-refractivity contribution in [3.05, 3.63) is 11.1 Å². The van der Waals surface area contributed by atoms with Gasteiger partial charge in [-0.15, -0.1) is 0 Å². The Hall–Kier alpha value is -0.590. The molecule has 0 radical (unpaired) electrons. The second-order valence-electron chi connectivity index (χ2n) is 5.50. The number of allylic oxidation sites excluding steroid dienone is 2. The normalized spacial score (nSPS) is 25.9. The molecule has 0 spiro atoms. The Balaban J connectivity index is 2.49. The lowest BCUT2D eigenvalue weighted by Crippen LogP contribution is -2.24. The van der Waals surface area contributed by atoms with Gasteiger partial charge in [-0.2, -0.15) is 0 Å². The molecule has 1 nitrogen and oxygen atoms in total. The van der Waals surface area contributed by atoms with Crippen molar-refractivity contribution >= 4 is 6.29 Å². The monoisotopic (exact) mass is 222 g/mol. The van der Waals surface area contributed by atoms with Crippen molar-refractivity contribution in [1.29, 1.82) is 0 Å². The summed E-state index contributed by atoms with van der Waals surface area (Å²) in [5.41, 5.74) is 3.77. The second kappa shape index (κ2) is 6.22. The van der Waals surface area contributed by atoms with E-state index in [4.69, 9.17) is 0 Å². The fourth-order valence-corrected chi connectivity index (χ4v) is 2.89. The minimum Gasteiger partial charge on any atom is -0.303 e. The molecule has 1 rings (SSSR count). The van der Waals surface area contributed by atoms with Crippen molar-refractivity contribution in [2.24, 2.45) is 5.41 Å². The van der Waals surface area contributed by atoms with Gasteiger partial charge in [-0.3, -0.25) is 0 Å². The lowest BCUT2D eigenvalue weighted by atomic mass is 9.68. The molecule has 0 unspecified atom stereocenters. The molecule has 0 bridgehead atoms. The largest absolute Gasteiger partial charge is 0.303 e. The van der Waals surface area contributed by atoms with Crippen molar-refractivity contribution in [3.63, 3.8) is 0 Å². The van der Waals surface area contributed by atoms with Crippen LogP contribution >= 0.6 is 0 Å². The van der Waals surface area contributed by atoms with E-state index >= 15 is 0 Å². The Morgan fingerprint density at radius 1 is 1.25 bits per heavy atom. The topological polar surface area (TPSA) is 17.1 Å². The van der Waals surface area contributed by atoms with E-state index in [1.54, 1.807) is 11.1 Å². The third-order valence-electron chi connectivity index (χ3n) is 4.43. The third kappa shape index (κ3) is 3.47. The van der Waals surface area contributed by atoms with Gasteiger partial charge in [0, 0.05) is 6.42 Å². The first-order chi connectivity index (χ1) is 7.63. The molecule has 1 atom stereocenters. The van der Waals surface area contributed by atoms with Crippen LogP contribution in [-0.4, -0.2) is 6.29 Å². The molecule has 0 heterocycles. The summed E-state index contributed by atoms with van der Waals surface area (Å²) in [6.45, 7) is 6.90. The van der Waals surface area contributed by atoms with E-state index in [0.29, 0.717) is 5.41 Å². The first kappa shape index (κ1) is 13.5. The van der Waals surface area contributed by atoms with Crippen LogP contribution in [0.5, 0.6) is 0 Å². The molecule has 1 aliphatic carbocycles. The summed E-state index contributed by atoms with van der Waals surface area (Å²) in [7, 11) is 0. The zero-order valence-electron chi connectivity index (χ0n) is 11.1. The smallest absolute Gasteiger partial charge is 0.119 e. The Morgan fingerprint density at radius 2 is 2.00 bits per heavy atom. The number of carbonyl (C=O) groups excluding carboxylic acids is 1. The van der Waals surface area contributed by atoms with Gasteiger partial charge in [0.05, 0.1) is 0 Å². The second-order valence-corrected chi connectivity index (χ2v) is 5.50. The fraction of sp³-hybridized carbons (Fsp3) is 0.800. The zero-order chi connectivity index (χ0) is 12.0. The lowest BCUT2D eigenvalue weighted by molar-refractivity contribution is -0.107. The number of hydrogen-bond acceptors (Lipinski definition) is 1. The molecule has 0 aliphatic heterocycles. The highest BCUT2D eigenvalue weighted by atomic mass is 16.1. The highest BCUT2D eigenvalue weighted by Gasteiger charge is 2.30. The summed E-state index contributed by atoms with van der Waals surface area (Å²) in [4.78, 5) is 10.3. The van der Waals surface area contributed by atoms with Gasteiger partial charge in [0.2, 0.25) is 0 Å². The third-order valence-corrected chi connectivity index (χ3v) is 4.43. The molecular weight excluding hydrogens is 196 g/mol. The minimum atomic E-state index is 0.548. The van der Waals surface area contributed by atoms with Gasteiger partial charge in [0.1, 0.15) is 6.29 Å². The first-order valence-corrected chi connectivity index (χ1v) is 6.72. The predicted octanol–water partition coefficient (Wildman–Crippen LogP) is 4.66. The van der Waals surface area contributed by atoms with Gasteiger partial charge >= 0.3 is 0 Å². The van der Waals surface area contributed by atoms with Crippen LogP contribution in [0.4, 0.5) is 0 Å². The van der Waals surface area contributed by atoms with E-state index in [9.17, 15) is 4.79 Å². The van der Waals surface area contributed by atoms with E-state index in [2.05, 4.69) is 20.8 Å². The van der Waals surface area contributed by atoms with Gasteiger partial charge in [-0.05, 0) is 51.4 Å². The SMILES string of the molecule is CC[C@@]1(CCCCC=O)CCC(C)=C(C)C1. The Bertz CT molecular complexity index is 265. The van der Waals surface area contributed by atoms with E-state index in [0.717, 1.165) is 19.1 Å². The number of hydrogen-bond donors (Lipinski definition) is 0. The highest BCUT2D eigenvalue weighted by molar-refractivity contribution is 5.48. The van der Waals surface area contributed by atoms with Crippen LogP contribution < -0.4 is 0 Å². The molecule has 0 saturated carbocycles. The molecule has 92 valence electrons. The molecule has 0 aromatic carbocycles. The first-order valence-electron chi connectivity index (χ1n) is 6.72. The number of rotatable bonds is 6. The summed E-state index contributed by atoms with van der Waals surface area (Å²) in [6.07, 6.45) is 10.6. The zero-order valence-corrected chi connectivity index (χ0v) is 11.1. The summed E-state index contributed by atoms with van der Waals surface area (Å²) in [6, 6.07) is 0. The van der Waals surface area contributed by atoms with E-state index in [1.807, 2.05) is 0 Å². The average Bonchev–Trinajstić information content (AvgIpc) is 2.30. The fourth-order valence-electron chi connectivity index (χ4n) is 2.89. The number of carbonyl (C=O) groups is 1. The molecule has 0 aromatic heterocycles. The maximum atomic E-state index is 10.3. The predicted molar refractivity (Wildman–Crippen MR) is 69.5 cm³/mol. The van der Waals surface area contributed by atoms with Crippen LogP contribution in [0.15, 0.2) is 11.1 Å². The summed E-state index contributed by atoms with van der Waals surface area (Å²) < 4.78 is 0. The van der Waals surface area contributed by atoms with Gasteiger partial charge in [-0.1, -0.05) is 30.9 Å². The summed E-state index contributed by atoms with van der Waals surface area (Å²) in [5.74, 6) is 0. The number of unbranched alkanes of at least 4 members (excludes halogenated alkanes) is 2. The molecular formula is C15H26O. The minimum absolute atomic E-state index is 0.548. The molecule has 1 heteroatoms. The van der Waals surface area contributed by atoms with Crippen molar-refractivity contribution < 1.29 is 4.79 Å². The molecule has 16 heavy (non-hydrogen) atoms. The molecule has 1 aliphatic rings. The quantitative estimate of drug-likeness (QED) is 0.363. The maximum absolute atomic E-state index is 10.3. The van der Waals surface area contributed by atoms with Crippen LogP contribution in [0.1, 0.15) is 72.1 Å². The molecule has 0 aromatic rings. The molecule has 0 N–H and O–H groups in total. The van der Waals surface area contributed by atoms with Crippen molar-refractivity contribution in [1.82, 2.24) is 0 Å². The van der Waals surface area contributed by atoms with E-state index in [1.165, 1.54) is 38.5 Å². The van der Waals surface area contributed by atoms with Crippen molar-refractivity contribution in [2.75, 3.05) is 0 Å². The van der Waals surface area contributed by atoms with Crippen LogP contribution in [0, 0.1) is 5.41 Å². The van der Waals surface area contributed by atoms with Crippen molar-refractivity contribution in [2.45, 2.75) is 72.1 Å². The van der Waals surface area contributed by atoms with Crippen LogP contribution in [0.3, 0.4) is 0 Å². The van der Waals surface area contributed by atoms with Crippen molar-refractivity contribution in [3.8, 4) is 0 Å². The lowest BCUT2D eigenvalue weighted by Gasteiger charge is -2.38. The molecule has 0 saturated heterocycles. The Kier molecular flexibility index (Phi) is 5.24. The average molecular weight is 222 g/mol. The van der Waals surface area contributed by atoms with Crippen LogP contribution in [0.2, 0.25) is 0 Å². The van der Waals surface area contributed by atoms with E-state index in [-0.39, 0.29) is 0 Å². The van der Waals surface area contributed by atoms with E-state index < -0.39 is 0 Å². The van der Waals surface area contributed by atoms with Gasteiger partial charge in [0.15, 0.2) is 0 Å². The molecule has 0 amide bonds. The maximum Gasteiger partial charge on any atom is 0.119 e. The summed E-state index contributed by atoms with van der Waals surface area (Å²) in [5, 5.41) is 0. The van der Waals surface area contributed by atoms with Gasteiger partial charge in [0.25, 0.3) is 0 Å². The van der Waals surface area contributed by atoms with Gasteiger partial charge < -0.3 is 4.79 Å². The molecule has 0 fully saturated rings. The highest BCUT2D eigenvalue weighted by Crippen LogP contribution is 2.45. The summed E-state index contributed by atoms with van der Waals surface area (Å²) >= 11 is 0. The van der Waals surface area contributed by atoms with Crippen LogP contribution in [0.25, 0.3) is 0 Å². The number of aldehydes is 1.